The third-order valence-electron chi connectivity index (χ3n) is 3.44. The van der Waals surface area contributed by atoms with Crippen LogP contribution in [-0.4, -0.2) is 11.9 Å². The van der Waals surface area contributed by atoms with Crippen molar-refractivity contribution in [1.82, 2.24) is 0 Å². The molecule has 2 atom stereocenters. The quantitative estimate of drug-likeness (QED) is 0.864. The molecule has 2 aromatic rings. The number of anilines is 1. The SMILES string of the molecule is N[C@H]1C(=O)N(c2ccc(Cl)cc2)[C@H]1c1cccc(Cl)c1. The Morgan fingerprint density at radius 1 is 1.00 bits per heavy atom. The van der Waals surface area contributed by atoms with Crippen LogP contribution in [-0.2, 0) is 4.79 Å². The molecule has 0 bridgehead atoms. The van der Waals surface area contributed by atoms with Gasteiger partial charge < -0.3 is 10.6 Å². The first kappa shape index (κ1) is 13.4. The lowest BCUT2D eigenvalue weighted by Gasteiger charge is -2.45. The molecule has 3 rings (SSSR count). The van der Waals surface area contributed by atoms with Crippen LogP contribution in [0.3, 0.4) is 0 Å². The Kier molecular flexibility index (Phi) is 3.42. The average molecular weight is 307 g/mol. The van der Waals surface area contributed by atoms with Crippen LogP contribution < -0.4 is 10.6 Å². The van der Waals surface area contributed by atoms with Crippen LogP contribution in [0, 0.1) is 0 Å². The first-order chi connectivity index (χ1) is 9.58. The standard InChI is InChI=1S/C15H12Cl2N2O/c16-10-4-6-12(7-5-10)19-14(13(18)15(19)20)9-2-1-3-11(17)8-9/h1-8,13-14H,18H2/t13-,14+/m1/s1. The van der Waals surface area contributed by atoms with Crippen LogP contribution in [0.4, 0.5) is 5.69 Å². The second-order valence-electron chi connectivity index (χ2n) is 4.71. The zero-order chi connectivity index (χ0) is 14.3. The summed E-state index contributed by atoms with van der Waals surface area (Å²) in [6, 6.07) is 13.8. The van der Waals surface area contributed by atoms with E-state index in [1.165, 1.54) is 0 Å². The highest BCUT2D eigenvalue weighted by atomic mass is 35.5. The molecular weight excluding hydrogens is 295 g/mol. The van der Waals surface area contributed by atoms with Crippen LogP contribution in [0.15, 0.2) is 48.5 Å². The van der Waals surface area contributed by atoms with Gasteiger partial charge in [0.25, 0.3) is 0 Å². The fraction of sp³-hybridized carbons (Fsp3) is 0.133. The molecule has 1 aliphatic heterocycles. The van der Waals surface area contributed by atoms with E-state index in [0.29, 0.717) is 10.0 Å². The molecule has 1 heterocycles. The fourth-order valence-corrected chi connectivity index (χ4v) is 2.77. The number of nitrogens with zero attached hydrogens (tertiary/aromatic N) is 1. The number of benzene rings is 2. The summed E-state index contributed by atoms with van der Waals surface area (Å²) >= 11 is 11.9. The Morgan fingerprint density at radius 3 is 2.35 bits per heavy atom. The van der Waals surface area contributed by atoms with E-state index >= 15 is 0 Å². The van der Waals surface area contributed by atoms with Crippen molar-refractivity contribution in [3.63, 3.8) is 0 Å². The number of nitrogens with two attached hydrogens (primary N) is 1. The Hall–Kier alpha value is -1.55. The van der Waals surface area contributed by atoms with E-state index in [9.17, 15) is 4.79 Å². The molecule has 2 aromatic carbocycles. The summed E-state index contributed by atoms with van der Waals surface area (Å²) in [6.07, 6.45) is 0. The largest absolute Gasteiger partial charge is 0.318 e. The van der Waals surface area contributed by atoms with E-state index in [4.69, 9.17) is 28.9 Å². The Bertz CT molecular complexity index is 657. The van der Waals surface area contributed by atoms with Gasteiger partial charge in [-0.15, -0.1) is 0 Å². The first-order valence-corrected chi connectivity index (χ1v) is 6.93. The monoisotopic (exact) mass is 306 g/mol. The summed E-state index contributed by atoms with van der Waals surface area (Å²) in [7, 11) is 0. The number of halogens is 2. The molecule has 0 radical (unpaired) electrons. The highest BCUT2D eigenvalue weighted by Crippen LogP contribution is 2.38. The molecule has 102 valence electrons. The van der Waals surface area contributed by atoms with Crippen LogP contribution in [0.1, 0.15) is 11.6 Å². The van der Waals surface area contributed by atoms with Gasteiger partial charge in [0, 0.05) is 15.7 Å². The second kappa shape index (κ2) is 5.09. The molecule has 0 aliphatic carbocycles. The highest BCUT2D eigenvalue weighted by Gasteiger charge is 2.46. The maximum Gasteiger partial charge on any atom is 0.247 e. The summed E-state index contributed by atoms with van der Waals surface area (Å²) in [5.74, 6) is -0.0997. The van der Waals surface area contributed by atoms with Crippen molar-refractivity contribution in [2.45, 2.75) is 12.1 Å². The zero-order valence-corrected chi connectivity index (χ0v) is 12.0. The van der Waals surface area contributed by atoms with Gasteiger partial charge in [-0.05, 0) is 42.0 Å². The van der Waals surface area contributed by atoms with Crippen LogP contribution in [0.25, 0.3) is 0 Å². The lowest BCUT2D eigenvalue weighted by Crippen LogP contribution is -2.63. The van der Waals surface area contributed by atoms with E-state index < -0.39 is 6.04 Å². The summed E-state index contributed by atoms with van der Waals surface area (Å²) in [6.45, 7) is 0. The number of carbonyl (C=O) groups is 1. The van der Waals surface area contributed by atoms with Gasteiger partial charge in [-0.25, -0.2) is 0 Å². The van der Waals surface area contributed by atoms with Crippen LogP contribution in [0.2, 0.25) is 10.0 Å². The molecule has 1 aliphatic rings. The maximum atomic E-state index is 12.1. The molecule has 5 heteroatoms. The van der Waals surface area contributed by atoms with E-state index in [-0.39, 0.29) is 11.9 Å². The van der Waals surface area contributed by atoms with Crippen molar-refractivity contribution in [2.75, 3.05) is 4.90 Å². The van der Waals surface area contributed by atoms with Gasteiger partial charge in [0.1, 0.15) is 6.04 Å². The smallest absolute Gasteiger partial charge is 0.247 e. The molecule has 1 saturated heterocycles. The molecule has 0 spiro atoms. The van der Waals surface area contributed by atoms with Gasteiger partial charge in [-0.3, -0.25) is 4.79 Å². The molecule has 1 fully saturated rings. The van der Waals surface area contributed by atoms with Gasteiger partial charge in [0.2, 0.25) is 5.91 Å². The number of amides is 1. The first-order valence-electron chi connectivity index (χ1n) is 6.17. The molecule has 0 unspecified atom stereocenters. The number of carbonyl (C=O) groups excluding carboxylic acids is 1. The van der Waals surface area contributed by atoms with E-state index in [1.807, 2.05) is 30.3 Å². The molecule has 0 aromatic heterocycles. The number of hydrogen-bond acceptors (Lipinski definition) is 2. The summed E-state index contributed by atoms with van der Waals surface area (Å²) in [5.41, 5.74) is 7.66. The zero-order valence-electron chi connectivity index (χ0n) is 10.5. The molecule has 2 N–H and O–H groups in total. The van der Waals surface area contributed by atoms with Gasteiger partial charge in [-0.2, -0.15) is 0 Å². The third-order valence-corrected chi connectivity index (χ3v) is 3.92. The van der Waals surface area contributed by atoms with E-state index in [1.54, 1.807) is 23.1 Å². The third kappa shape index (κ3) is 2.18. The summed E-state index contributed by atoms with van der Waals surface area (Å²) < 4.78 is 0. The van der Waals surface area contributed by atoms with Crippen molar-refractivity contribution in [3.8, 4) is 0 Å². The Balaban J connectivity index is 1.97. The predicted molar refractivity (Wildman–Crippen MR) is 81.1 cm³/mol. The molecular formula is C15H12Cl2N2O. The Morgan fingerprint density at radius 2 is 1.70 bits per heavy atom. The molecule has 20 heavy (non-hydrogen) atoms. The van der Waals surface area contributed by atoms with Crippen molar-refractivity contribution in [2.24, 2.45) is 5.73 Å². The van der Waals surface area contributed by atoms with Crippen LogP contribution >= 0.6 is 23.2 Å². The minimum atomic E-state index is -0.538. The number of rotatable bonds is 2. The van der Waals surface area contributed by atoms with Crippen molar-refractivity contribution in [3.05, 3.63) is 64.1 Å². The topological polar surface area (TPSA) is 46.3 Å². The Labute approximate surface area is 126 Å². The van der Waals surface area contributed by atoms with Crippen LogP contribution in [0.5, 0.6) is 0 Å². The van der Waals surface area contributed by atoms with Gasteiger partial charge in [-0.1, -0.05) is 35.3 Å². The fourth-order valence-electron chi connectivity index (χ4n) is 2.45. The summed E-state index contributed by atoms with van der Waals surface area (Å²) in [4.78, 5) is 13.7. The minimum absolute atomic E-state index is 0.0997. The minimum Gasteiger partial charge on any atom is -0.318 e. The number of β-lactam (4-membered cyclic amide) rings is 1. The van der Waals surface area contributed by atoms with E-state index in [2.05, 4.69) is 0 Å². The second-order valence-corrected chi connectivity index (χ2v) is 5.58. The lowest BCUT2D eigenvalue weighted by molar-refractivity contribution is -0.126. The van der Waals surface area contributed by atoms with Gasteiger partial charge in [0.05, 0.1) is 6.04 Å². The summed E-state index contributed by atoms with van der Waals surface area (Å²) in [5, 5.41) is 1.26. The molecule has 0 saturated carbocycles. The average Bonchev–Trinajstić information content (AvgIpc) is 2.45. The number of hydrogen-bond donors (Lipinski definition) is 1. The normalized spacial score (nSPS) is 21.8. The molecule has 1 amide bonds. The van der Waals surface area contributed by atoms with Crippen molar-refractivity contribution < 1.29 is 4.79 Å². The van der Waals surface area contributed by atoms with E-state index in [0.717, 1.165) is 11.3 Å². The highest BCUT2D eigenvalue weighted by molar-refractivity contribution is 6.31. The lowest BCUT2D eigenvalue weighted by atomic mass is 9.88. The van der Waals surface area contributed by atoms with Crippen molar-refractivity contribution >= 4 is 34.8 Å². The van der Waals surface area contributed by atoms with Gasteiger partial charge in [0.15, 0.2) is 0 Å². The van der Waals surface area contributed by atoms with Crippen molar-refractivity contribution in [1.29, 1.82) is 0 Å². The van der Waals surface area contributed by atoms with Gasteiger partial charge >= 0.3 is 0 Å². The molecule has 3 nitrogen and oxygen atoms in total. The predicted octanol–water partition coefficient (Wildman–Crippen LogP) is 3.41. The maximum absolute atomic E-state index is 12.1.